The molecule has 0 fully saturated rings. The number of aromatic nitrogens is 1. The van der Waals surface area contributed by atoms with Gasteiger partial charge in [-0.1, -0.05) is 11.6 Å². The third-order valence-electron chi connectivity index (χ3n) is 1.66. The maximum atomic E-state index is 9.06. The Bertz CT molecular complexity index is 331. The number of aliphatic hydroxyl groups is 1. The highest BCUT2D eigenvalue weighted by atomic mass is 79.9. The van der Waals surface area contributed by atoms with Crippen LogP contribution in [0.15, 0.2) is 16.7 Å². The molecule has 0 saturated heterocycles. The first kappa shape index (κ1) is 11.8. The number of hydrogen-bond acceptors (Lipinski definition) is 3. The summed E-state index contributed by atoms with van der Waals surface area (Å²) < 4.78 is 0.829. The zero-order chi connectivity index (χ0) is 10.8. The second-order valence-corrected chi connectivity index (χ2v) is 4.97. The van der Waals surface area contributed by atoms with Crippen LogP contribution in [0.1, 0.15) is 13.8 Å². The lowest BCUT2D eigenvalue weighted by Gasteiger charge is -2.24. The fourth-order valence-corrected chi connectivity index (χ4v) is 1.54. The predicted molar refractivity (Wildman–Crippen MR) is 61.7 cm³/mol. The van der Waals surface area contributed by atoms with E-state index in [9.17, 15) is 0 Å². The second kappa shape index (κ2) is 4.47. The van der Waals surface area contributed by atoms with Gasteiger partial charge in [0.2, 0.25) is 0 Å². The molecule has 0 unspecified atom stereocenters. The molecule has 2 N–H and O–H groups in total. The topological polar surface area (TPSA) is 45.1 Å². The van der Waals surface area contributed by atoms with Crippen molar-refractivity contribution in [1.29, 1.82) is 0 Å². The van der Waals surface area contributed by atoms with Crippen LogP contribution >= 0.6 is 27.5 Å². The number of rotatable bonds is 3. The van der Waals surface area contributed by atoms with Crippen LogP contribution < -0.4 is 5.32 Å². The van der Waals surface area contributed by atoms with Crippen molar-refractivity contribution in [3.63, 3.8) is 0 Å². The Kier molecular flexibility index (Phi) is 3.75. The average Bonchev–Trinajstić information content (AvgIpc) is 2.10. The molecule has 0 aliphatic carbocycles. The van der Waals surface area contributed by atoms with E-state index in [4.69, 9.17) is 16.7 Å². The van der Waals surface area contributed by atoms with Gasteiger partial charge in [-0.15, -0.1) is 0 Å². The van der Waals surface area contributed by atoms with Gasteiger partial charge in [-0.05, 0) is 35.8 Å². The summed E-state index contributed by atoms with van der Waals surface area (Å²) in [5.41, 5.74) is -0.426. The number of halogens is 2. The number of hydrogen-bond donors (Lipinski definition) is 2. The fraction of sp³-hybridized carbons (Fsp3) is 0.444. The molecule has 0 saturated carbocycles. The number of aliphatic hydroxyl groups excluding tert-OH is 1. The van der Waals surface area contributed by atoms with Crippen molar-refractivity contribution in [1.82, 2.24) is 4.98 Å². The number of nitrogens with one attached hydrogen (secondary N) is 1. The first-order chi connectivity index (χ1) is 6.44. The Morgan fingerprint density at radius 1 is 1.64 bits per heavy atom. The van der Waals surface area contributed by atoms with Crippen molar-refractivity contribution in [3.8, 4) is 0 Å². The smallest absolute Gasteiger partial charge is 0.145 e. The van der Waals surface area contributed by atoms with Gasteiger partial charge in [0.05, 0.1) is 17.2 Å². The zero-order valence-corrected chi connectivity index (χ0v) is 10.4. The molecule has 14 heavy (non-hydrogen) atoms. The van der Waals surface area contributed by atoms with Gasteiger partial charge >= 0.3 is 0 Å². The maximum Gasteiger partial charge on any atom is 0.145 e. The molecule has 0 atom stereocenters. The van der Waals surface area contributed by atoms with Crippen LogP contribution in [0.4, 0.5) is 5.82 Å². The van der Waals surface area contributed by atoms with Crippen LogP contribution in [0.5, 0.6) is 0 Å². The molecular formula is C9H12BrClN2O. The summed E-state index contributed by atoms with van der Waals surface area (Å²) in [6.07, 6.45) is 1.65. The minimum absolute atomic E-state index is 0.0150. The van der Waals surface area contributed by atoms with Crippen molar-refractivity contribution < 1.29 is 5.11 Å². The van der Waals surface area contributed by atoms with Gasteiger partial charge in [-0.3, -0.25) is 0 Å². The Morgan fingerprint density at radius 2 is 2.29 bits per heavy atom. The van der Waals surface area contributed by atoms with Gasteiger partial charge in [-0.25, -0.2) is 4.98 Å². The van der Waals surface area contributed by atoms with Crippen molar-refractivity contribution >= 4 is 33.3 Å². The Hall–Kier alpha value is -0.320. The van der Waals surface area contributed by atoms with E-state index in [1.54, 1.807) is 12.3 Å². The molecule has 0 aliphatic rings. The molecule has 1 aromatic rings. The minimum atomic E-state index is -0.426. The number of anilines is 1. The molecule has 1 aromatic heterocycles. The molecule has 0 amide bonds. The Labute approximate surface area is 96.6 Å². The molecule has 5 heteroatoms. The summed E-state index contributed by atoms with van der Waals surface area (Å²) in [6, 6.07) is 1.75. The predicted octanol–water partition coefficient (Wildman–Crippen LogP) is 2.68. The maximum absolute atomic E-state index is 9.06. The molecule has 3 nitrogen and oxygen atoms in total. The molecular weight excluding hydrogens is 267 g/mol. The summed E-state index contributed by atoms with van der Waals surface area (Å²) in [4.78, 5) is 4.11. The van der Waals surface area contributed by atoms with E-state index in [1.165, 1.54) is 0 Å². The lowest BCUT2D eigenvalue weighted by atomic mass is 10.1. The largest absolute Gasteiger partial charge is 0.394 e. The monoisotopic (exact) mass is 278 g/mol. The summed E-state index contributed by atoms with van der Waals surface area (Å²) in [7, 11) is 0. The quantitative estimate of drug-likeness (QED) is 0.894. The summed E-state index contributed by atoms with van der Waals surface area (Å²) in [5, 5.41) is 12.6. The first-order valence-electron chi connectivity index (χ1n) is 4.15. The normalized spacial score (nSPS) is 11.5. The van der Waals surface area contributed by atoms with E-state index >= 15 is 0 Å². The zero-order valence-electron chi connectivity index (χ0n) is 8.01. The SMILES string of the molecule is CC(C)(CO)Nc1ncc(Br)cc1Cl. The standard InChI is InChI=1S/C9H12BrClN2O/c1-9(2,5-14)13-8-7(11)3-6(10)4-12-8/h3-4,14H,5H2,1-2H3,(H,12,13). The molecule has 1 rings (SSSR count). The van der Waals surface area contributed by atoms with Crippen LogP contribution in [0.3, 0.4) is 0 Å². The number of nitrogens with zero attached hydrogens (tertiary/aromatic N) is 1. The van der Waals surface area contributed by atoms with Gasteiger partial charge in [-0.2, -0.15) is 0 Å². The molecule has 78 valence electrons. The van der Waals surface area contributed by atoms with E-state index < -0.39 is 5.54 Å². The average molecular weight is 280 g/mol. The van der Waals surface area contributed by atoms with E-state index in [0.717, 1.165) is 4.47 Å². The van der Waals surface area contributed by atoms with Crippen LogP contribution in [0.25, 0.3) is 0 Å². The highest BCUT2D eigenvalue weighted by molar-refractivity contribution is 9.10. The minimum Gasteiger partial charge on any atom is -0.394 e. The molecule has 0 aliphatic heterocycles. The first-order valence-corrected chi connectivity index (χ1v) is 5.32. The van der Waals surface area contributed by atoms with E-state index in [0.29, 0.717) is 10.8 Å². The van der Waals surface area contributed by atoms with E-state index in [1.807, 2.05) is 13.8 Å². The van der Waals surface area contributed by atoms with Crippen LogP contribution in [-0.2, 0) is 0 Å². The van der Waals surface area contributed by atoms with Crippen LogP contribution in [0.2, 0.25) is 5.02 Å². The lowest BCUT2D eigenvalue weighted by Crippen LogP contribution is -2.35. The van der Waals surface area contributed by atoms with Crippen molar-refractivity contribution in [3.05, 3.63) is 21.8 Å². The Morgan fingerprint density at radius 3 is 2.79 bits per heavy atom. The third kappa shape index (κ3) is 3.12. The highest BCUT2D eigenvalue weighted by Gasteiger charge is 2.17. The molecule has 0 spiro atoms. The van der Waals surface area contributed by atoms with Crippen molar-refractivity contribution in [2.24, 2.45) is 0 Å². The number of pyridine rings is 1. The molecule has 0 aromatic carbocycles. The van der Waals surface area contributed by atoms with Gasteiger partial charge in [0.15, 0.2) is 0 Å². The third-order valence-corrected chi connectivity index (χ3v) is 2.38. The van der Waals surface area contributed by atoms with E-state index in [-0.39, 0.29) is 6.61 Å². The lowest BCUT2D eigenvalue weighted by molar-refractivity contribution is 0.234. The summed E-state index contributed by atoms with van der Waals surface area (Å²) in [6.45, 7) is 3.75. The van der Waals surface area contributed by atoms with Gasteiger partial charge in [0.1, 0.15) is 5.82 Å². The molecule has 1 heterocycles. The van der Waals surface area contributed by atoms with Crippen LogP contribution in [-0.4, -0.2) is 22.2 Å². The summed E-state index contributed by atoms with van der Waals surface area (Å²) in [5.74, 6) is 0.578. The van der Waals surface area contributed by atoms with Gasteiger partial charge in [0.25, 0.3) is 0 Å². The van der Waals surface area contributed by atoms with Gasteiger partial charge < -0.3 is 10.4 Å². The Balaban J connectivity index is 2.87. The fourth-order valence-electron chi connectivity index (χ4n) is 0.867. The highest BCUT2D eigenvalue weighted by Crippen LogP contribution is 2.25. The van der Waals surface area contributed by atoms with Gasteiger partial charge in [0, 0.05) is 10.7 Å². The second-order valence-electron chi connectivity index (χ2n) is 3.65. The summed E-state index contributed by atoms with van der Waals surface area (Å²) >= 11 is 9.22. The van der Waals surface area contributed by atoms with Crippen LogP contribution in [0, 0.1) is 0 Å². The molecule has 0 radical (unpaired) electrons. The van der Waals surface area contributed by atoms with Crippen molar-refractivity contribution in [2.75, 3.05) is 11.9 Å². The van der Waals surface area contributed by atoms with E-state index in [2.05, 4.69) is 26.2 Å². The van der Waals surface area contributed by atoms with Crippen molar-refractivity contribution in [2.45, 2.75) is 19.4 Å². The molecule has 0 bridgehead atoms.